The molecule has 0 aliphatic heterocycles. The first-order valence-corrected chi connectivity index (χ1v) is 7.02. The molecule has 2 aromatic rings. The fourth-order valence-corrected chi connectivity index (χ4v) is 2.19. The highest BCUT2D eigenvalue weighted by molar-refractivity contribution is 6.31. The van der Waals surface area contributed by atoms with Gasteiger partial charge in [-0.2, -0.15) is 0 Å². The van der Waals surface area contributed by atoms with Crippen molar-refractivity contribution in [2.24, 2.45) is 5.73 Å². The average molecular weight is 304 g/mol. The van der Waals surface area contributed by atoms with Gasteiger partial charge in [-0.05, 0) is 49.2 Å². The Labute approximate surface area is 129 Å². The molecular weight excluding hydrogens is 286 g/mol. The predicted molar refractivity (Wildman–Crippen MR) is 87.9 cm³/mol. The van der Waals surface area contributed by atoms with Gasteiger partial charge in [0.05, 0.1) is 0 Å². The summed E-state index contributed by atoms with van der Waals surface area (Å²) in [5.41, 5.74) is 8.87. The van der Waals surface area contributed by atoms with Crippen LogP contribution >= 0.6 is 11.6 Å². The predicted octanol–water partition coefficient (Wildman–Crippen LogP) is 4.31. The fourth-order valence-electron chi connectivity index (χ4n) is 2.01. The Balaban J connectivity index is 2.07. The lowest BCUT2D eigenvalue weighted by Crippen LogP contribution is -2.19. The van der Waals surface area contributed by atoms with Gasteiger partial charge in [0.15, 0.2) is 0 Å². The number of nitrogens with one attached hydrogen (secondary N) is 2. The van der Waals surface area contributed by atoms with Gasteiger partial charge in [-0.3, -0.25) is 0 Å². The lowest BCUT2D eigenvalue weighted by atomic mass is 10.1. The van der Waals surface area contributed by atoms with Gasteiger partial charge in [-0.25, -0.2) is 4.79 Å². The first kappa shape index (κ1) is 15.2. The van der Waals surface area contributed by atoms with E-state index in [2.05, 4.69) is 17.6 Å². The van der Waals surface area contributed by atoms with E-state index in [4.69, 9.17) is 17.3 Å². The molecule has 0 heterocycles. The second-order valence-corrected chi connectivity index (χ2v) is 5.35. The zero-order valence-electron chi connectivity index (χ0n) is 12.0. The minimum atomic E-state index is -0.566. The van der Waals surface area contributed by atoms with Gasteiger partial charge < -0.3 is 16.4 Å². The molecule has 2 amide bonds. The minimum Gasteiger partial charge on any atom is -0.378 e. The highest BCUT2D eigenvalue weighted by Crippen LogP contribution is 2.24. The van der Waals surface area contributed by atoms with Crippen LogP contribution in [0.25, 0.3) is 0 Å². The van der Waals surface area contributed by atoms with Crippen LogP contribution in [-0.4, -0.2) is 6.03 Å². The Morgan fingerprint density at radius 3 is 2.33 bits per heavy atom. The maximum atomic E-state index is 10.8. The largest absolute Gasteiger partial charge is 0.378 e. The highest BCUT2D eigenvalue weighted by Gasteiger charge is 2.06. The molecule has 1 unspecified atom stereocenters. The van der Waals surface area contributed by atoms with Crippen molar-refractivity contribution in [3.05, 3.63) is 58.6 Å². The molecule has 0 saturated heterocycles. The van der Waals surface area contributed by atoms with Crippen molar-refractivity contribution in [3.8, 4) is 0 Å². The number of nitrogens with two attached hydrogens (primary N) is 1. The van der Waals surface area contributed by atoms with Crippen molar-refractivity contribution in [1.29, 1.82) is 0 Å². The van der Waals surface area contributed by atoms with Gasteiger partial charge in [0.1, 0.15) is 0 Å². The lowest BCUT2D eigenvalue weighted by Gasteiger charge is -2.17. The summed E-state index contributed by atoms with van der Waals surface area (Å²) >= 11 is 6.12. The standard InChI is InChI=1S/C16H18ClN3O/c1-10-3-6-14(9-15(10)17)19-11(2)12-4-7-13(8-5-12)20-16(18)21/h3-9,11,19H,1-2H3,(H3,18,20,21). The van der Waals surface area contributed by atoms with E-state index in [9.17, 15) is 4.79 Å². The topological polar surface area (TPSA) is 67.2 Å². The number of carbonyl (C=O) groups is 1. The van der Waals surface area contributed by atoms with Crippen LogP contribution in [0.5, 0.6) is 0 Å². The van der Waals surface area contributed by atoms with Crippen LogP contribution in [0.15, 0.2) is 42.5 Å². The van der Waals surface area contributed by atoms with E-state index >= 15 is 0 Å². The van der Waals surface area contributed by atoms with Gasteiger partial charge in [-0.15, -0.1) is 0 Å². The van der Waals surface area contributed by atoms with Crippen LogP contribution in [0.2, 0.25) is 5.02 Å². The average Bonchev–Trinajstić information content (AvgIpc) is 2.43. The van der Waals surface area contributed by atoms with Gasteiger partial charge >= 0.3 is 6.03 Å². The van der Waals surface area contributed by atoms with Crippen LogP contribution in [0, 0.1) is 6.92 Å². The van der Waals surface area contributed by atoms with E-state index in [1.54, 1.807) is 0 Å². The first-order valence-electron chi connectivity index (χ1n) is 6.65. The summed E-state index contributed by atoms with van der Waals surface area (Å²) in [7, 11) is 0. The van der Waals surface area contributed by atoms with E-state index in [0.29, 0.717) is 5.69 Å². The van der Waals surface area contributed by atoms with E-state index < -0.39 is 6.03 Å². The van der Waals surface area contributed by atoms with Gasteiger partial charge in [0, 0.05) is 22.4 Å². The number of urea groups is 1. The molecule has 0 fully saturated rings. The Morgan fingerprint density at radius 2 is 1.76 bits per heavy atom. The fraction of sp³-hybridized carbons (Fsp3) is 0.188. The van der Waals surface area contributed by atoms with Crippen molar-refractivity contribution in [3.63, 3.8) is 0 Å². The Morgan fingerprint density at radius 1 is 1.14 bits per heavy atom. The zero-order chi connectivity index (χ0) is 15.4. The van der Waals surface area contributed by atoms with Crippen molar-refractivity contribution >= 4 is 29.0 Å². The van der Waals surface area contributed by atoms with E-state index in [1.165, 1.54) is 0 Å². The third-order valence-electron chi connectivity index (χ3n) is 3.23. The van der Waals surface area contributed by atoms with Gasteiger partial charge in [0.2, 0.25) is 0 Å². The zero-order valence-corrected chi connectivity index (χ0v) is 12.7. The summed E-state index contributed by atoms with van der Waals surface area (Å²) in [6, 6.07) is 13.0. The summed E-state index contributed by atoms with van der Waals surface area (Å²) < 4.78 is 0. The number of aryl methyl sites for hydroxylation is 1. The molecule has 2 rings (SSSR count). The summed E-state index contributed by atoms with van der Waals surface area (Å²) in [6.07, 6.45) is 0. The summed E-state index contributed by atoms with van der Waals surface area (Å²) in [5.74, 6) is 0. The number of rotatable bonds is 4. The van der Waals surface area contributed by atoms with Crippen LogP contribution in [0.4, 0.5) is 16.2 Å². The number of benzene rings is 2. The Hall–Kier alpha value is -2.20. The second kappa shape index (κ2) is 6.50. The molecule has 0 aromatic heterocycles. The van der Waals surface area contributed by atoms with E-state index in [-0.39, 0.29) is 6.04 Å². The molecule has 0 radical (unpaired) electrons. The molecular formula is C16H18ClN3O. The first-order chi connectivity index (χ1) is 9.95. The quantitative estimate of drug-likeness (QED) is 0.787. The molecule has 0 bridgehead atoms. The van der Waals surface area contributed by atoms with Crippen molar-refractivity contribution in [2.45, 2.75) is 19.9 Å². The number of amides is 2. The van der Waals surface area contributed by atoms with Crippen LogP contribution in [0.3, 0.4) is 0 Å². The summed E-state index contributed by atoms with van der Waals surface area (Å²) in [6.45, 7) is 4.03. The molecule has 0 spiro atoms. The maximum Gasteiger partial charge on any atom is 0.316 e. The van der Waals surface area contributed by atoms with Gasteiger partial charge in [0.25, 0.3) is 0 Å². The number of halogens is 1. The van der Waals surface area contributed by atoms with Crippen LogP contribution in [0.1, 0.15) is 24.1 Å². The molecule has 0 aliphatic rings. The Bertz CT molecular complexity index is 640. The molecule has 0 saturated carbocycles. The third kappa shape index (κ3) is 4.13. The third-order valence-corrected chi connectivity index (χ3v) is 3.64. The van der Waals surface area contributed by atoms with Crippen LogP contribution < -0.4 is 16.4 Å². The molecule has 1 atom stereocenters. The molecule has 110 valence electrons. The lowest BCUT2D eigenvalue weighted by molar-refractivity contribution is 0.259. The number of primary amides is 1. The minimum absolute atomic E-state index is 0.117. The second-order valence-electron chi connectivity index (χ2n) is 4.94. The summed E-state index contributed by atoms with van der Waals surface area (Å²) in [4.78, 5) is 10.8. The Kier molecular flexibility index (Phi) is 4.70. The molecule has 21 heavy (non-hydrogen) atoms. The van der Waals surface area contributed by atoms with Crippen molar-refractivity contribution in [2.75, 3.05) is 10.6 Å². The van der Waals surface area contributed by atoms with Crippen molar-refractivity contribution < 1.29 is 4.79 Å². The molecule has 0 aliphatic carbocycles. The number of hydrogen-bond donors (Lipinski definition) is 3. The smallest absolute Gasteiger partial charge is 0.316 e. The molecule has 4 N–H and O–H groups in total. The summed E-state index contributed by atoms with van der Waals surface area (Å²) in [5, 5.41) is 6.67. The molecule has 2 aromatic carbocycles. The highest BCUT2D eigenvalue weighted by atomic mass is 35.5. The van der Waals surface area contributed by atoms with Crippen LogP contribution in [-0.2, 0) is 0 Å². The molecule has 5 heteroatoms. The molecule has 4 nitrogen and oxygen atoms in total. The maximum absolute atomic E-state index is 10.8. The number of anilines is 2. The van der Waals surface area contributed by atoms with Gasteiger partial charge in [-0.1, -0.05) is 29.8 Å². The normalized spacial score (nSPS) is 11.8. The monoisotopic (exact) mass is 303 g/mol. The van der Waals surface area contributed by atoms with E-state index in [1.807, 2.05) is 49.4 Å². The van der Waals surface area contributed by atoms with Crippen molar-refractivity contribution in [1.82, 2.24) is 0 Å². The SMILES string of the molecule is Cc1ccc(NC(C)c2ccc(NC(N)=O)cc2)cc1Cl. The van der Waals surface area contributed by atoms with E-state index in [0.717, 1.165) is 21.8 Å². The number of hydrogen-bond acceptors (Lipinski definition) is 2. The number of carbonyl (C=O) groups excluding carboxylic acids is 1.